The molecule has 0 aromatic heterocycles. The number of anilines is 1. The Morgan fingerprint density at radius 2 is 1.96 bits per heavy atom. The first-order valence-corrected chi connectivity index (χ1v) is 8.53. The average Bonchev–Trinajstić information content (AvgIpc) is 3.02. The van der Waals surface area contributed by atoms with E-state index in [-0.39, 0.29) is 25.2 Å². The van der Waals surface area contributed by atoms with Crippen LogP contribution < -0.4 is 15.0 Å². The van der Waals surface area contributed by atoms with E-state index >= 15 is 0 Å². The molecular weight excluding hydrogens is 332 g/mol. The molecule has 1 heterocycles. The van der Waals surface area contributed by atoms with Crippen LogP contribution in [-0.4, -0.2) is 37.8 Å². The first kappa shape index (κ1) is 17.8. The Morgan fingerprint density at radius 1 is 1.19 bits per heavy atom. The summed E-state index contributed by atoms with van der Waals surface area (Å²) in [6.45, 7) is 4.61. The van der Waals surface area contributed by atoms with Crippen LogP contribution in [0.2, 0.25) is 0 Å². The Labute approximate surface area is 152 Å². The van der Waals surface area contributed by atoms with Gasteiger partial charge in [-0.2, -0.15) is 0 Å². The zero-order valence-electron chi connectivity index (χ0n) is 14.9. The molecule has 0 spiro atoms. The number of carbonyl (C=O) groups excluding carboxylic acids is 2. The number of amides is 2. The summed E-state index contributed by atoms with van der Waals surface area (Å²) in [5.41, 5.74) is 3.09. The summed E-state index contributed by atoms with van der Waals surface area (Å²) in [4.78, 5) is 25.6. The molecule has 2 aromatic rings. The molecule has 136 valence electrons. The summed E-state index contributed by atoms with van der Waals surface area (Å²) in [5.74, 6) is 0.380. The molecular formula is C20H22N2O4. The molecule has 0 aliphatic carbocycles. The Balaban J connectivity index is 1.48. The van der Waals surface area contributed by atoms with Crippen molar-refractivity contribution in [3.8, 4) is 5.75 Å². The molecule has 2 amide bonds. The summed E-state index contributed by atoms with van der Waals surface area (Å²) < 4.78 is 10.7. The van der Waals surface area contributed by atoms with Crippen LogP contribution in [0.4, 0.5) is 10.5 Å². The number of hydrogen-bond donors (Lipinski definition) is 1. The molecule has 1 fully saturated rings. The largest absolute Gasteiger partial charge is 0.484 e. The minimum absolute atomic E-state index is 0.0778. The standard InChI is InChI=1S/C20H22N2O4/c1-14-8-9-16(10-15(14)2)22-12-18(26-20(22)24)11-21-19(23)13-25-17-6-4-3-5-7-17/h3-10,18H,11-13H2,1-2H3,(H,21,23). The van der Waals surface area contributed by atoms with Crippen LogP contribution in [0, 0.1) is 13.8 Å². The lowest BCUT2D eigenvalue weighted by molar-refractivity contribution is -0.123. The highest BCUT2D eigenvalue weighted by molar-refractivity contribution is 5.90. The van der Waals surface area contributed by atoms with Gasteiger partial charge in [-0.1, -0.05) is 24.3 Å². The van der Waals surface area contributed by atoms with Crippen molar-refractivity contribution in [2.45, 2.75) is 20.0 Å². The van der Waals surface area contributed by atoms with Gasteiger partial charge < -0.3 is 14.8 Å². The first-order valence-electron chi connectivity index (χ1n) is 8.53. The van der Waals surface area contributed by atoms with Gasteiger partial charge in [0.15, 0.2) is 6.61 Å². The number of aryl methyl sites for hydroxylation is 2. The van der Waals surface area contributed by atoms with E-state index in [4.69, 9.17) is 9.47 Å². The third-order valence-electron chi connectivity index (χ3n) is 4.32. The lowest BCUT2D eigenvalue weighted by atomic mass is 10.1. The number of hydrogen-bond acceptors (Lipinski definition) is 4. The number of benzene rings is 2. The molecule has 0 bridgehead atoms. The van der Waals surface area contributed by atoms with Crippen molar-refractivity contribution in [3.63, 3.8) is 0 Å². The minimum Gasteiger partial charge on any atom is -0.484 e. The van der Waals surface area contributed by atoms with Gasteiger partial charge in [0, 0.05) is 5.69 Å². The second-order valence-electron chi connectivity index (χ2n) is 6.29. The highest BCUT2D eigenvalue weighted by Crippen LogP contribution is 2.23. The van der Waals surface area contributed by atoms with Gasteiger partial charge in [-0.15, -0.1) is 0 Å². The van der Waals surface area contributed by atoms with E-state index in [0.29, 0.717) is 12.3 Å². The second kappa shape index (κ2) is 7.91. The van der Waals surface area contributed by atoms with Gasteiger partial charge >= 0.3 is 6.09 Å². The molecule has 2 aromatic carbocycles. The van der Waals surface area contributed by atoms with Crippen molar-refractivity contribution in [3.05, 3.63) is 59.7 Å². The van der Waals surface area contributed by atoms with Crippen molar-refractivity contribution in [1.82, 2.24) is 5.32 Å². The Morgan fingerprint density at radius 3 is 2.69 bits per heavy atom. The number of rotatable bonds is 6. The molecule has 6 nitrogen and oxygen atoms in total. The number of ether oxygens (including phenoxy) is 2. The Bertz CT molecular complexity index is 792. The van der Waals surface area contributed by atoms with Gasteiger partial charge in [-0.3, -0.25) is 9.69 Å². The summed E-state index contributed by atoms with van der Waals surface area (Å²) in [6, 6.07) is 15.0. The number of carbonyl (C=O) groups is 2. The van der Waals surface area contributed by atoms with Gasteiger partial charge in [0.25, 0.3) is 5.91 Å². The molecule has 1 unspecified atom stereocenters. The number of nitrogens with zero attached hydrogens (tertiary/aromatic N) is 1. The van der Waals surface area contributed by atoms with Crippen LogP contribution in [0.15, 0.2) is 48.5 Å². The lowest BCUT2D eigenvalue weighted by Gasteiger charge is -2.14. The van der Waals surface area contributed by atoms with E-state index in [1.54, 1.807) is 17.0 Å². The fraction of sp³-hybridized carbons (Fsp3) is 0.300. The molecule has 1 N–H and O–H groups in total. The number of cyclic esters (lactones) is 1. The molecule has 1 saturated heterocycles. The fourth-order valence-electron chi connectivity index (χ4n) is 2.68. The molecule has 1 atom stereocenters. The van der Waals surface area contributed by atoms with E-state index in [1.165, 1.54) is 5.56 Å². The maximum atomic E-state index is 12.1. The van der Waals surface area contributed by atoms with E-state index in [1.807, 2.05) is 50.2 Å². The van der Waals surface area contributed by atoms with Crippen LogP contribution in [0.25, 0.3) is 0 Å². The smallest absolute Gasteiger partial charge is 0.414 e. The van der Waals surface area contributed by atoms with E-state index in [9.17, 15) is 9.59 Å². The van der Waals surface area contributed by atoms with Gasteiger partial charge in [0.2, 0.25) is 0 Å². The van der Waals surface area contributed by atoms with E-state index in [0.717, 1.165) is 11.3 Å². The number of para-hydroxylation sites is 1. The third kappa shape index (κ3) is 4.33. The molecule has 3 rings (SSSR count). The summed E-state index contributed by atoms with van der Waals surface area (Å²) in [6.07, 6.45) is -0.780. The molecule has 1 aliphatic heterocycles. The highest BCUT2D eigenvalue weighted by Gasteiger charge is 2.32. The maximum Gasteiger partial charge on any atom is 0.414 e. The Kier molecular flexibility index (Phi) is 5.41. The molecule has 0 radical (unpaired) electrons. The van der Waals surface area contributed by atoms with Gasteiger partial charge in [-0.05, 0) is 49.2 Å². The normalized spacial score (nSPS) is 16.3. The van der Waals surface area contributed by atoms with Gasteiger partial charge in [0.1, 0.15) is 11.9 Å². The van der Waals surface area contributed by atoms with Crippen LogP contribution in [0.1, 0.15) is 11.1 Å². The highest BCUT2D eigenvalue weighted by atomic mass is 16.6. The van der Waals surface area contributed by atoms with Crippen LogP contribution in [0.3, 0.4) is 0 Å². The second-order valence-corrected chi connectivity index (χ2v) is 6.29. The maximum absolute atomic E-state index is 12.1. The number of nitrogens with one attached hydrogen (secondary N) is 1. The van der Waals surface area contributed by atoms with Crippen molar-refractivity contribution in [2.24, 2.45) is 0 Å². The molecule has 0 saturated carbocycles. The SMILES string of the molecule is Cc1ccc(N2CC(CNC(=O)COc3ccccc3)OC2=O)cc1C. The van der Waals surface area contributed by atoms with Crippen LogP contribution in [0.5, 0.6) is 5.75 Å². The lowest BCUT2D eigenvalue weighted by Crippen LogP contribution is -2.37. The van der Waals surface area contributed by atoms with Crippen molar-refractivity contribution < 1.29 is 19.1 Å². The monoisotopic (exact) mass is 354 g/mol. The first-order chi connectivity index (χ1) is 12.5. The fourth-order valence-corrected chi connectivity index (χ4v) is 2.68. The molecule has 26 heavy (non-hydrogen) atoms. The third-order valence-corrected chi connectivity index (χ3v) is 4.32. The predicted octanol–water partition coefficient (Wildman–Crippen LogP) is 2.82. The van der Waals surface area contributed by atoms with Crippen LogP contribution in [-0.2, 0) is 9.53 Å². The Hall–Kier alpha value is -3.02. The zero-order valence-corrected chi connectivity index (χ0v) is 14.9. The molecule has 6 heteroatoms. The van der Waals surface area contributed by atoms with Gasteiger partial charge in [-0.25, -0.2) is 4.79 Å². The van der Waals surface area contributed by atoms with Crippen LogP contribution >= 0.6 is 0 Å². The topological polar surface area (TPSA) is 67.9 Å². The summed E-state index contributed by atoms with van der Waals surface area (Å²) >= 11 is 0. The zero-order chi connectivity index (χ0) is 18.5. The average molecular weight is 354 g/mol. The predicted molar refractivity (Wildman–Crippen MR) is 98.5 cm³/mol. The minimum atomic E-state index is -0.395. The van der Waals surface area contributed by atoms with Crippen molar-refractivity contribution in [1.29, 1.82) is 0 Å². The summed E-state index contributed by atoms with van der Waals surface area (Å²) in [5, 5.41) is 2.74. The van der Waals surface area contributed by atoms with E-state index in [2.05, 4.69) is 5.32 Å². The van der Waals surface area contributed by atoms with Crippen molar-refractivity contribution in [2.75, 3.05) is 24.6 Å². The van der Waals surface area contributed by atoms with Gasteiger partial charge in [0.05, 0.1) is 13.1 Å². The summed E-state index contributed by atoms with van der Waals surface area (Å²) in [7, 11) is 0. The van der Waals surface area contributed by atoms with E-state index < -0.39 is 6.09 Å². The van der Waals surface area contributed by atoms with Crippen molar-refractivity contribution >= 4 is 17.7 Å². The quantitative estimate of drug-likeness (QED) is 0.866. The molecule has 1 aliphatic rings.